The van der Waals surface area contributed by atoms with Crippen LogP contribution in [-0.2, 0) is 16.1 Å². The van der Waals surface area contributed by atoms with Gasteiger partial charge in [-0.3, -0.25) is 4.79 Å². The number of carbonyl (C=O) groups is 1. The molecule has 1 unspecified atom stereocenters. The predicted molar refractivity (Wildman–Crippen MR) is 84.2 cm³/mol. The highest BCUT2D eigenvalue weighted by atomic mass is 19.3. The summed E-state index contributed by atoms with van der Waals surface area (Å²) in [5.74, 6) is -0.423. The number of carbonyl (C=O) groups excluding carboxylic acids is 1. The molecule has 3 heterocycles. The molecule has 26 heavy (non-hydrogen) atoms. The molecule has 1 aliphatic heterocycles. The fourth-order valence-corrected chi connectivity index (χ4v) is 3.03. The molecule has 10 heteroatoms. The average molecular weight is 374 g/mol. The predicted octanol–water partition coefficient (Wildman–Crippen LogP) is 2.91. The van der Waals surface area contributed by atoms with E-state index in [0.29, 0.717) is 19.2 Å². The number of fused-ring (bicyclic) bond motifs is 1. The molecule has 1 fully saturated rings. The Kier molecular flexibility index (Phi) is 5.40. The number of aryl methyl sites for hydroxylation is 1. The fourth-order valence-electron chi connectivity index (χ4n) is 3.03. The van der Waals surface area contributed by atoms with E-state index in [1.54, 1.807) is 0 Å². The molecule has 1 atom stereocenters. The number of amides is 1. The zero-order valence-electron chi connectivity index (χ0n) is 14.0. The molecule has 0 radical (unpaired) electrons. The van der Waals surface area contributed by atoms with Gasteiger partial charge in [-0.1, -0.05) is 0 Å². The van der Waals surface area contributed by atoms with Crippen molar-refractivity contribution in [3.8, 4) is 0 Å². The number of nitrogens with one attached hydrogen (secondary N) is 1. The lowest BCUT2D eigenvalue weighted by molar-refractivity contribution is -0.122. The molecule has 3 rings (SSSR count). The minimum atomic E-state index is -3.01. The summed E-state index contributed by atoms with van der Waals surface area (Å²) < 4.78 is 59.0. The van der Waals surface area contributed by atoms with Gasteiger partial charge in [-0.25, -0.2) is 27.2 Å². The third-order valence-corrected chi connectivity index (χ3v) is 4.23. The molecule has 1 N–H and O–H groups in total. The zero-order chi connectivity index (χ0) is 18.8. The van der Waals surface area contributed by atoms with Crippen LogP contribution < -0.4 is 5.32 Å². The van der Waals surface area contributed by atoms with Crippen LogP contribution >= 0.6 is 0 Å². The van der Waals surface area contributed by atoms with Gasteiger partial charge in [-0.15, -0.1) is 0 Å². The van der Waals surface area contributed by atoms with Crippen molar-refractivity contribution in [1.29, 1.82) is 0 Å². The first kappa shape index (κ1) is 18.6. The summed E-state index contributed by atoms with van der Waals surface area (Å²) in [5.41, 5.74) is -1.28. The normalized spacial score (nSPS) is 17.6. The maximum atomic E-state index is 13.3. The lowest BCUT2D eigenvalue weighted by Gasteiger charge is -2.11. The standard InChI is InChI=1S/C16H18F4N4O2/c1-8-13-10(14(17)18)5-11(15(19)20)22-16(13)24(23-8)7-12(25)21-6-9-3-2-4-26-9/h5,9,14-15H,2-4,6-7H2,1H3,(H,21,25). The summed E-state index contributed by atoms with van der Waals surface area (Å²) in [6.45, 7) is 2.15. The van der Waals surface area contributed by atoms with E-state index in [4.69, 9.17) is 4.74 Å². The molecule has 142 valence electrons. The van der Waals surface area contributed by atoms with Crippen molar-refractivity contribution in [3.63, 3.8) is 0 Å². The van der Waals surface area contributed by atoms with Crippen LogP contribution in [0.3, 0.4) is 0 Å². The quantitative estimate of drug-likeness (QED) is 0.790. The van der Waals surface area contributed by atoms with Crippen molar-refractivity contribution in [2.45, 2.75) is 45.3 Å². The van der Waals surface area contributed by atoms with Crippen molar-refractivity contribution in [3.05, 3.63) is 23.0 Å². The lowest BCUT2D eigenvalue weighted by atomic mass is 10.1. The Hall–Kier alpha value is -2.23. The average Bonchev–Trinajstić information content (AvgIpc) is 3.21. The second kappa shape index (κ2) is 7.56. The van der Waals surface area contributed by atoms with Crippen LogP contribution in [0.1, 0.15) is 42.6 Å². The molecular weight excluding hydrogens is 356 g/mol. The SMILES string of the molecule is Cc1nn(CC(=O)NCC2CCCO2)c2nc(C(F)F)cc(C(F)F)c12. The minimum Gasteiger partial charge on any atom is -0.376 e. The van der Waals surface area contributed by atoms with Gasteiger partial charge in [-0.05, 0) is 25.8 Å². The summed E-state index contributed by atoms with van der Waals surface area (Å²) in [6.07, 6.45) is -4.23. The van der Waals surface area contributed by atoms with E-state index in [0.717, 1.165) is 17.5 Å². The summed E-state index contributed by atoms with van der Waals surface area (Å²) in [4.78, 5) is 15.8. The van der Waals surface area contributed by atoms with Gasteiger partial charge in [0, 0.05) is 18.7 Å². The number of halogens is 4. The number of pyridine rings is 1. The summed E-state index contributed by atoms with van der Waals surface area (Å²) in [7, 11) is 0. The van der Waals surface area contributed by atoms with Gasteiger partial charge in [0.05, 0.1) is 17.2 Å². The smallest absolute Gasteiger partial charge is 0.280 e. The highest BCUT2D eigenvalue weighted by Gasteiger charge is 2.24. The van der Waals surface area contributed by atoms with E-state index < -0.39 is 30.0 Å². The van der Waals surface area contributed by atoms with Crippen molar-refractivity contribution in [1.82, 2.24) is 20.1 Å². The Bertz CT molecular complexity index is 803. The lowest BCUT2D eigenvalue weighted by Crippen LogP contribution is -2.34. The highest BCUT2D eigenvalue weighted by molar-refractivity contribution is 5.84. The monoisotopic (exact) mass is 374 g/mol. The second-order valence-corrected chi connectivity index (χ2v) is 6.12. The largest absolute Gasteiger partial charge is 0.376 e. The second-order valence-electron chi connectivity index (χ2n) is 6.12. The number of aromatic nitrogens is 3. The molecule has 1 saturated heterocycles. The molecule has 0 aromatic carbocycles. The maximum absolute atomic E-state index is 13.3. The Morgan fingerprint density at radius 3 is 2.77 bits per heavy atom. The van der Waals surface area contributed by atoms with Crippen LogP contribution in [0.5, 0.6) is 0 Å². The molecule has 6 nitrogen and oxygen atoms in total. The molecule has 2 aromatic heterocycles. The van der Waals surface area contributed by atoms with E-state index in [9.17, 15) is 22.4 Å². The molecule has 2 aromatic rings. The molecule has 0 bridgehead atoms. The van der Waals surface area contributed by atoms with Crippen molar-refractivity contribution in [2.24, 2.45) is 0 Å². The molecule has 1 aliphatic rings. The van der Waals surface area contributed by atoms with Crippen LogP contribution in [0, 0.1) is 6.92 Å². The fraction of sp³-hybridized carbons (Fsp3) is 0.562. The Labute approximate surface area is 146 Å². The highest BCUT2D eigenvalue weighted by Crippen LogP contribution is 2.32. The Balaban J connectivity index is 1.86. The maximum Gasteiger partial charge on any atom is 0.280 e. The van der Waals surface area contributed by atoms with E-state index in [-0.39, 0.29) is 29.4 Å². The number of alkyl halides is 4. The summed E-state index contributed by atoms with van der Waals surface area (Å²) in [6, 6.07) is 0.689. The zero-order valence-corrected chi connectivity index (χ0v) is 14.0. The summed E-state index contributed by atoms with van der Waals surface area (Å²) >= 11 is 0. The first-order valence-corrected chi connectivity index (χ1v) is 8.19. The molecule has 1 amide bonds. The number of hydrogen-bond donors (Lipinski definition) is 1. The Morgan fingerprint density at radius 1 is 1.38 bits per heavy atom. The minimum absolute atomic E-state index is 0.00340. The first-order valence-electron chi connectivity index (χ1n) is 8.19. The third kappa shape index (κ3) is 3.79. The van der Waals surface area contributed by atoms with Crippen molar-refractivity contribution >= 4 is 16.9 Å². The number of hydrogen-bond acceptors (Lipinski definition) is 4. The van der Waals surface area contributed by atoms with Crippen LogP contribution in [0.25, 0.3) is 11.0 Å². The van der Waals surface area contributed by atoms with Crippen LogP contribution in [-0.4, -0.2) is 39.9 Å². The number of ether oxygens (including phenoxy) is 1. The van der Waals surface area contributed by atoms with Gasteiger partial charge >= 0.3 is 0 Å². The van der Waals surface area contributed by atoms with E-state index in [1.165, 1.54) is 6.92 Å². The van der Waals surface area contributed by atoms with E-state index in [1.807, 2.05) is 0 Å². The molecule has 0 spiro atoms. The van der Waals surface area contributed by atoms with E-state index in [2.05, 4.69) is 15.4 Å². The molecule has 0 aliphatic carbocycles. The van der Waals surface area contributed by atoms with Gasteiger partial charge < -0.3 is 10.1 Å². The molecule has 0 saturated carbocycles. The Morgan fingerprint density at radius 2 is 2.15 bits per heavy atom. The van der Waals surface area contributed by atoms with Gasteiger partial charge in [0.1, 0.15) is 12.2 Å². The van der Waals surface area contributed by atoms with Crippen LogP contribution in [0.15, 0.2) is 6.07 Å². The van der Waals surface area contributed by atoms with Crippen LogP contribution in [0.2, 0.25) is 0 Å². The van der Waals surface area contributed by atoms with Gasteiger partial charge in [0.25, 0.3) is 12.9 Å². The van der Waals surface area contributed by atoms with E-state index >= 15 is 0 Å². The first-order chi connectivity index (χ1) is 12.4. The van der Waals surface area contributed by atoms with Crippen molar-refractivity contribution < 1.29 is 27.1 Å². The van der Waals surface area contributed by atoms with Gasteiger partial charge in [0.2, 0.25) is 5.91 Å². The third-order valence-electron chi connectivity index (χ3n) is 4.23. The van der Waals surface area contributed by atoms with Gasteiger partial charge in [-0.2, -0.15) is 5.10 Å². The van der Waals surface area contributed by atoms with Crippen LogP contribution in [0.4, 0.5) is 17.6 Å². The molecular formula is C16H18F4N4O2. The number of rotatable bonds is 6. The number of nitrogens with zero attached hydrogens (tertiary/aromatic N) is 3. The van der Waals surface area contributed by atoms with Gasteiger partial charge in [0.15, 0.2) is 5.65 Å². The summed E-state index contributed by atoms with van der Waals surface area (Å²) in [5, 5.41) is 6.71. The topological polar surface area (TPSA) is 69.0 Å². The van der Waals surface area contributed by atoms with Crippen molar-refractivity contribution in [2.75, 3.05) is 13.2 Å².